The summed E-state index contributed by atoms with van der Waals surface area (Å²) in [7, 11) is 0. The van der Waals surface area contributed by atoms with E-state index < -0.39 is 0 Å². The predicted octanol–water partition coefficient (Wildman–Crippen LogP) is 2.59. The predicted molar refractivity (Wildman–Crippen MR) is 79.3 cm³/mol. The maximum atomic E-state index is 13.7. The molecule has 1 unspecified atom stereocenters. The Morgan fingerprint density at radius 3 is 2.80 bits per heavy atom. The van der Waals surface area contributed by atoms with Crippen molar-refractivity contribution in [3.63, 3.8) is 0 Å². The van der Waals surface area contributed by atoms with Gasteiger partial charge in [0.2, 0.25) is 0 Å². The second kappa shape index (κ2) is 7.16. The van der Waals surface area contributed by atoms with Gasteiger partial charge in [-0.1, -0.05) is 18.2 Å². The molecule has 0 radical (unpaired) electrons. The van der Waals surface area contributed by atoms with E-state index >= 15 is 0 Å². The third-order valence-electron chi connectivity index (χ3n) is 3.92. The molecular weight excluding hydrogens is 255 g/mol. The average molecular weight is 280 g/mol. The summed E-state index contributed by atoms with van der Waals surface area (Å²) in [5.74, 6) is -0.152. The van der Waals surface area contributed by atoms with E-state index in [1.54, 1.807) is 6.07 Å². The van der Waals surface area contributed by atoms with Crippen LogP contribution in [0.5, 0.6) is 0 Å². The topological polar surface area (TPSA) is 24.5 Å². The van der Waals surface area contributed by atoms with Gasteiger partial charge in [-0.15, -0.1) is 0 Å². The van der Waals surface area contributed by atoms with Crippen molar-refractivity contribution in [3.05, 3.63) is 35.6 Å². The molecule has 1 aromatic rings. The first-order valence-electron chi connectivity index (χ1n) is 7.41. The van der Waals surface area contributed by atoms with Crippen molar-refractivity contribution in [2.45, 2.75) is 39.0 Å². The highest BCUT2D eigenvalue weighted by molar-refractivity contribution is 5.20. The minimum atomic E-state index is -0.152. The minimum Gasteiger partial charge on any atom is -0.374 e. The van der Waals surface area contributed by atoms with E-state index in [1.165, 1.54) is 6.07 Å². The van der Waals surface area contributed by atoms with Gasteiger partial charge in [0.15, 0.2) is 0 Å². The number of ether oxygens (including phenoxy) is 1. The summed E-state index contributed by atoms with van der Waals surface area (Å²) in [5, 5.41) is 3.38. The summed E-state index contributed by atoms with van der Waals surface area (Å²) in [6.45, 7) is 9.86. The van der Waals surface area contributed by atoms with Crippen LogP contribution in [0.15, 0.2) is 24.3 Å². The molecule has 1 saturated heterocycles. The van der Waals surface area contributed by atoms with Gasteiger partial charge in [-0.3, -0.25) is 4.90 Å². The molecular formula is C16H25FN2O. The highest BCUT2D eigenvalue weighted by Gasteiger charge is 2.22. The van der Waals surface area contributed by atoms with Gasteiger partial charge in [-0.05, 0) is 26.8 Å². The molecule has 4 heteroatoms. The van der Waals surface area contributed by atoms with E-state index in [0.29, 0.717) is 11.6 Å². The summed E-state index contributed by atoms with van der Waals surface area (Å²) in [6, 6.07) is 7.46. The molecule has 1 aliphatic heterocycles. The van der Waals surface area contributed by atoms with Gasteiger partial charge in [0, 0.05) is 37.3 Å². The largest absolute Gasteiger partial charge is 0.374 e. The molecule has 0 bridgehead atoms. The molecule has 1 aliphatic rings. The molecule has 112 valence electrons. The van der Waals surface area contributed by atoms with Crippen molar-refractivity contribution in [2.75, 3.05) is 26.2 Å². The van der Waals surface area contributed by atoms with Gasteiger partial charge in [0.05, 0.1) is 12.7 Å². The lowest BCUT2D eigenvalue weighted by molar-refractivity contribution is -0.0380. The van der Waals surface area contributed by atoms with E-state index in [1.807, 2.05) is 19.1 Å². The summed E-state index contributed by atoms with van der Waals surface area (Å²) in [4.78, 5) is 2.42. The second-order valence-corrected chi connectivity index (χ2v) is 5.73. The highest BCUT2D eigenvalue weighted by atomic mass is 19.1. The Hall–Kier alpha value is -0.970. The van der Waals surface area contributed by atoms with Crippen molar-refractivity contribution in [1.29, 1.82) is 0 Å². The molecule has 1 aromatic carbocycles. The van der Waals surface area contributed by atoms with Crippen LogP contribution in [-0.2, 0) is 4.74 Å². The highest BCUT2D eigenvalue weighted by Crippen LogP contribution is 2.16. The Morgan fingerprint density at radius 1 is 1.35 bits per heavy atom. The van der Waals surface area contributed by atoms with Crippen LogP contribution in [0.25, 0.3) is 0 Å². The fourth-order valence-corrected chi connectivity index (χ4v) is 2.58. The summed E-state index contributed by atoms with van der Waals surface area (Å²) < 4.78 is 19.5. The zero-order chi connectivity index (χ0) is 14.5. The number of nitrogens with zero attached hydrogens (tertiary/aromatic N) is 1. The zero-order valence-corrected chi connectivity index (χ0v) is 12.6. The second-order valence-electron chi connectivity index (χ2n) is 5.73. The van der Waals surface area contributed by atoms with Crippen LogP contribution in [-0.4, -0.2) is 43.3 Å². The standard InChI is InChI=1S/C16H25FN2O/c1-12(2)19-8-9-20-14(11-19)10-18-13(3)15-6-4-5-7-16(15)17/h4-7,12-14,18H,8-11H2,1-3H3/t13-,14?/m1/s1. The molecule has 0 saturated carbocycles. The van der Waals surface area contributed by atoms with Crippen LogP contribution in [0.1, 0.15) is 32.4 Å². The Kier molecular flexibility index (Phi) is 5.52. The van der Waals surface area contributed by atoms with Gasteiger partial charge in [0.1, 0.15) is 5.82 Å². The van der Waals surface area contributed by atoms with Crippen LogP contribution in [0.2, 0.25) is 0 Å². The zero-order valence-electron chi connectivity index (χ0n) is 12.6. The van der Waals surface area contributed by atoms with Crippen molar-refractivity contribution in [2.24, 2.45) is 0 Å². The summed E-state index contributed by atoms with van der Waals surface area (Å²) >= 11 is 0. The molecule has 3 nitrogen and oxygen atoms in total. The first-order chi connectivity index (χ1) is 9.58. The normalized spacial score (nSPS) is 22.1. The minimum absolute atomic E-state index is 0.00535. The van der Waals surface area contributed by atoms with Crippen molar-refractivity contribution in [1.82, 2.24) is 10.2 Å². The summed E-state index contributed by atoms with van der Waals surface area (Å²) in [6.07, 6.45) is 0.181. The van der Waals surface area contributed by atoms with Gasteiger partial charge < -0.3 is 10.1 Å². The Morgan fingerprint density at radius 2 is 2.10 bits per heavy atom. The van der Waals surface area contributed by atoms with Crippen molar-refractivity contribution in [3.8, 4) is 0 Å². The third kappa shape index (κ3) is 4.01. The van der Waals surface area contributed by atoms with Crippen molar-refractivity contribution >= 4 is 0 Å². The third-order valence-corrected chi connectivity index (χ3v) is 3.92. The fraction of sp³-hybridized carbons (Fsp3) is 0.625. The lowest BCUT2D eigenvalue weighted by Gasteiger charge is -2.36. The average Bonchev–Trinajstić information content (AvgIpc) is 2.45. The molecule has 2 atom stereocenters. The molecule has 1 N–H and O–H groups in total. The van der Waals surface area contributed by atoms with Crippen molar-refractivity contribution < 1.29 is 9.13 Å². The summed E-state index contributed by atoms with van der Waals surface area (Å²) in [5.41, 5.74) is 0.712. The monoisotopic (exact) mass is 280 g/mol. The SMILES string of the molecule is CC(C)N1CCOC(CN[C@H](C)c2ccccc2F)C1. The van der Waals surface area contributed by atoms with E-state index in [9.17, 15) is 4.39 Å². The van der Waals surface area contributed by atoms with Gasteiger partial charge in [0.25, 0.3) is 0 Å². The quantitative estimate of drug-likeness (QED) is 0.897. The van der Waals surface area contributed by atoms with Crippen LogP contribution in [0.4, 0.5) is 4.39 Å². The van der Waals surface area contributed by atoms with Crippen LogP contribution in [0.3, 0.4) is 0 Å². The fourth-order valence-electron chi connectivity index (χ4n) is 2.58. The molecule has 0 spiro atoms. The number of nitrogens with one attached hydrogen (secondary N) is 1. The number of halogens is 1. The molecule has 0 aliphatic carbocycles. The van der Waals surface area contributed by atoms with E-state index in [4.69, 9.17) is 4.74 Å². The molecule has 0 amide bonds. The molecule has 1 heterocycles. The molecule has 0 aromatic heterocycles. The lowest BCUT2D eigenvalue weighted by atomic mass is 10.1. The number of hydrogen-bond donors (Lipinski definition) is 1. The molecule has 20 heavy (non-hydrogen) atoms. The first kappa shape index (κ1) is 15.4. The van der Waals surface area contributed by atoms with Crippen LogP contribution < -0.4 is 5.32 Å². The number of morpholine rings is 1. The lowest BCUT2D eigenvalue weighted by Crippen LogP contribution is -2.49. The van der Waals surface area contributed by atoms with Crippen LogP contribution >= 0.6 is 0 Å². The van der Waals surface area contributed by atoms with E-state index in [0.717, 1.165) is 26.2 Å². The number of hydrogen-bond acceptors (Lipinski definition) is 3. The number of benzene rings is 1. The van der Waals surface area contributed by atoms with Gasteiger partial charge in [-0.2, -0.15) is 0 Å². The van der Waals surface area contributed by atoms with Gasteiger partial charge >= 0.3 is 0 Å². The Labute approximate surface area is 121 Å². The van der Waals surface area contributed by atoms with Gasteiger partial charge in [-0.25, -0.2) is 4.39 Å². The Bertz CT molecular complexity index is 425. The maximum Gasteiger partial charge on any atom is 0.127 e. The molecule has 1 fully saturated rings. The smallest absolute Gasteiger partial charge is 0.127 e. The molecule has 2 rings (SSSR count). The first-order valence-corrected chi connectivity index (χ1v) is 7.41. The van der Waals surface area contributed by atoms with E-state index in [-0.39, 0.29) is 18.0 Å². The number of rotatable bonds is 5. The Balaban J connectivity index is 1.84. The maximum absolute atomic E-state index is 13.7. The van der Waals surface area contributed by atoms with Crippen LogP contribution in [0, 0.1) is 5.82 Å². The van der Waals surface area contributed by atoms with E-state index in [2.05, 4.69) is 24.1 Å².